The summed E-state index contributed by atoms with van der Waals surface area (Å²) in [4.78, 5) is 10.6. The minimum Gasteiger partial charge on any atom is -0.293 e. The normalized spacial score (nSPS) is 12.9. The molecule has 0 aliphatic heterocycles. The first-order valence-electron chi connectivity index (χ1n) is 3.67. The van der Waals surface area contributed by atoms with Crippen LogP contribution in [-0.4, -0.2) is 22.2 Å². The van der Waals surface area contributed by atoms with Gasteiger partial charge in [-0.3, -0.25) is 9.89 Å². The van der Waals surface area contributed by atoms with E-state index < -0.39 is 29.3 Å². The van der Waals surface area contributed by atoms with Crippen molar-refractivity contribution in [2.75, 3.05) is 0 Å². The number of hydrogen-bond acceptors (Lipinski definition) is 2. The van der Waals surface area contributed by atoms with Crippen LogP contribution in [0, 0.1) is 0 Å². The van der Waals surface area contributed by atoms with Crippen molar-refractivity contribution in [3.05, 3.63) is 17.5 Å². The first-order chi connectivity index (χ1) is 6.66. The Hall–Kier alpha value is -1.47. The van der Waals surface area contributed by atoms with Crippen LogP contribution >= 0.6 is 0 Å². The van der Waals surface area contributed by atoms with Crippen LogP contribution in [-0.2, 0) is 5.92 Å². The second-order valence-electron chi connectivity index (χ2n) is 2.80. The fraction of sp³-hybridized carbons (Fsp3) is 0.429. The van der Waals surface area contributed by atoms with E-state index >= 15 is 0 Å². The van der Waals surface area contributed by atoms with Crippen LogP contribution in [0.3, 0.4) is 0 Å². The monoisotopic (exact) mass is 228 g/mol. The molecular weight excluding hydrogens is 223 g/mol. The molecule has 0 fully saturated rings. The van der Waals surface area contributed by atoms with Gasteiger partial charge in [-0.2, -0.15) is 27.1 Å². The number of rotatable bonds is 2. The van der Waals surface area contributed by atoms with Gasteiger partial charge in [0.15, 0.2) is 5.78 Å². The van der Waals surface area contributed by atoms with Crippen LogP contribution in [0.25, 0.3) is 0 Å². The molecule has 0 aliphatic rings. The zero-order valence-electron chi connectivity index (χ0n) is 7.32. The lowest BCUT2D eigenvalue weighted by molar-refractivity contribution is -0.290. The van der Waals surface area contributed by atoms with Crippen LogP contribution in [0.5, 0.6) is 0 Å². The molecule has 15 heavy (non-hydrogen) atoms. The smallest absolute Gasteiger partial charge is 0.293 e. The SMILES string of the molecule is CC(=O)c1cc(C(F)(F)C(F)(F)F)[nH]n1. The van der Waals surface area contributed by atoms with E-state index in [4.69, 9.17) is 0 Å². The third kappa shape index (κ3) is 1.97. The van der Waals surface area contributed by atoms with Crippen molar-refractivity contribution in [1.29, 1.82) is 0 Å². The predicted molar refractivity (Wildman–Crippen MR) is 38.5 cm³/mol. The number of alkyl halides is 5. The van der Waals surface area contributed by atoms with Gasteiger partial charge in [0.1, 0.15) is 11.4 Å². The maximum absolute atomic E-state index is 12.6. The zero-order valence-corrected chi connectivity index (χ0v) is 7.32. The number of H-pyrrole nitrogens is 1. The molecule has 0 spiro atoms. The van der Waals surface area contributed by atoms with Gasteiger partial charge < -0.3 is 0 Å². The first-order valence-corrected chi connectivity index (χ1v) is 3.67. The number of aromatic nitrogens is 2. The topological polar surface area (TPSA) is 45.8 Å². The largest absolute Gasteiger partial charge is 0.459 e. The molecule has 0 aliphatic carbocycles. The molecule has 1 aromatic heterocycles. The highest BCUT2D eigenvalue weighted by atomic mass is 19.4. The van der Waals surface area contributed by atoms with Crippen molar-refractivity contribution in [1.82, 2.24) is 10.2 Å². The Balaban J connectivity index is 3.11. The Morgan fingerprint density at radius 1 is 1.33 bits per heavy atom. The number of Topliss-reactive ketones (excluding diaryl/α,β-unsaturated/α-hetero) is 1. The Morgan fingerprint density at radius 3 is 2.20 bits per heavy atom. The van der Waals surface area contributed by atoms with E-state index in [-0.39, 0.29) is 0 Å². The van der Waals surface area contributed by atoms with Crippen molar-refractivity contribution in [3.63, 3.8) is 0 Å². The van der Waals surface area contributed by atoms with Gasteiger partial charge in [-0.05, 0) is 6.07 Å². The highest BCUT2D eigenvalue weighted by Crippen LogP contribution is 2.42. The number of carbonyl (C=O) groups is 1. The maximum atomic E-state index is 12.6. The van der Waals surface area contributed by atoms with Crippen molar-refractivity contribution in [3.8, 4) is 0 Å². The first kappa shape index (κ1) is 11.6. The minimum absolute atomic E-state index is 0.385. The molecule has 0 saturated heterocycles. The number of nitrogens with zero attached hydrogens (tertiary/aromatic N) is 1. The van der Waals surface area contributed by atoms with E-state index in [1.54, 1.807) is 0 Å². The van der Waals surface area contributed by atoms with Gasteiger partial charge in [0.25, 0.3) is 0 Å². The Kier molecular flexibility index (Phi) is 2.54. The van der Waals surface area contributed by atoms with Gasteiger partial charge >= 0.3 is 12.1 Å². The molecule has 8 heteroatoms. The summed E-state index contributed by atoms with van der Waals surface area (Å²) in [5, 5.41) is 4.53. The van der Waals surface area contributed by atoms with E-state index in [9.17, 15) is 26.7 Å². The van der Waals surface area contributed by atoms with E-state index in [0.717, 1.165) is 6.92 Å². The third-order valence-electron chi connectivity index (χ3n) is 1.63. The van der Waals surface area contributed by atoms with Crippen LogP contribution in [0.1, 0.15) is 23.1 Å². The number of hydrogen-bond donors (Lipinski definition) is 1. The van der Waals surface area contributed by atoms with Crippen molar-refractivity contribution in [2.45, 2.75) is 19.0 Å². The summed E-state index contributed by atoms with van der Waals surface area (Å²) in [6, 6.07) is 0.385. The van der Waals surface area contributed by atoms with E-state index in [1.165, 1.54) is 5.10 Å². The molecule has 0 aromatic carbocycles. The minimum atomic E-state index is -5.71. The van der Waals surface area contributed by atoms with Crippen molar-refractivity contribution in [2.24, 2.45) is 0 Å². The molecule has 0 bridgehead atoms. The number of halogens is 5. The van der Waals surface area contributed by atoms with Gasteiger partial charge in [0.05, 0.1) is 0 Å². The predicted octanol–water partition coefficient (Wildman–Crippen LogP) is 2.27. The standard InChI is InChI=1S/C7H5F5N2O/c1-3(15)4-2-5(14-13-4)6(8,9)7(10,11)12/h2H,1H3,(H,13,14). The average Bonchev–Trinajstić information content (AvgIpc) is 2.49. The molecule has 84 valence electrons. The molecule has 3 nitrogen and oxygen atoms in total. The van der Waals surface area contributed by atoms with Crippen LogP contribution < -0.4 is 0 Å². The summed E-state index contributed by atoms with van der Waals surface area (Å²) in [5.41, 5.74) is -1.91. The molecule has 1 rings (SSSR count). The summed E-state index contributed by atoms with van der Waals surface area (Å²) in [5.74, 6) is -5.73. The van der Waals surface area contributed by atoms with E-state index in [0.29, 0.717) is 6.07 Å². The molecular formula is C7H5F5N2O. The van der Waals surface area contributed by atoms with Gasteiger partial charge in [0.2, 0.25) is 0 Å². The second-order valence-corrected chi connectivity index (χ2v) is 2.80. The molecule has 0 radical (unpaired) electrons. The number of aromatic amines is 1. The fourth-order valence-corrected chi connectivity index (χ4v) is 0.816. The van der Waals surface area contributed by atoms with Gasteiger partial charge in [-0.25, -0.2) is 0 Å². The van der Waals surface area contributed by atoms with Crippen LogP contribution in [0.2, 0.25) is 0 Å². The van der Waals surface area contributed by atoms with Gasteiger partial charge in [-0.1, -0.05) is 0 Å². The lowest BCUT2D eigenvalue weighted by atomic mass is 10.2. The number of carbonyl (C=O) groups excluding carboxylic acids is 1. The van der Waals surface area contributed by atoms with Crippen LogP contribution in [0.4, 0.5) is 22.0 Å². The van der Waals surface area contributed by atoms with Gasteiger partial charge in [0, 0.05) is 6.92 Å². The summed E-state index contributed by atoms with van der Waals surface area (Å²) in [7, 11) is 0. The van der Waals surface area contributed by atoms with Gasteiger partial charge in [-0.15, -0.1) is 0 Å². The van der Waals surface area contributed by atoms with Crippen molar-refractivity contribution >= 4 is 5.78 Å². The molecule has 0 atom stereocenters. The lowest BCUT2D eigenvalue weighted by Gasteiger charge is -2.17. The molecule has 1 N–H and O–H groups in total. The summed E-state index contributed by atoms with van der Waals surface area (Å²) >= 11 is 0. The number of nitrogens with one attached hydrogen (secondary N) is 1. The highest BCUT2D eigenvalue weighted by Gasteiger charge is 2.60. The fourth-order valence-electron chi connectivity index (χ4n) is 0.816. The summed E-state index contributed by atoms with van der Waals surface area (Å²) < 4.78 is 60.8. The van der Waals surface area contributed by atoms with E-state index in [1.807, 2.05) is 0 Å². The Morgan fingerprint density at radius 2 is 1.87 bits per heavy atom. The Bertz CT molecular complexity index is 381. The Labute approximate surface area is 80.3 Å². The number of ketones is 1. The molecule has 0 amide bonds. The average molecular weight is 228 g/mol. The molecule has 0 unspecified atom stereocenters. The maximum Gasteiger partial charge on any atom is 0.459 e. The quantitative estimate of drug-likeness (QED) is 0.623. The summed E-state index contributed by atoms with van der Waals surface area (Å²) in [6.45, 7) is 1.01. The molecule has 1 heterocycles. The van der Waals surface area contributed by atoms with Crippen molar-refractivity contribution < 1.29 is 26.7 Å². The zero-order chi connectivity index (χ0) is 11.9. The molecule has 1 aromatic rings. The summed E-state index contributed by atoms with van der Waals surface area (Å²) in [6.07, 6.45) is -5.71. The van der Waals surface area contributed by atoms with Crippen LogP contribution in [0.15, 0.2) is 6.07 Å². The highest BCUT2D eigenvalue weighted by molar-refractivity contribution is 5.92. The van der Waals surface area contributed by atoms with E-state index in [2.05, 4.69) is 5.10 Å². The lowest BCUT2D eigenvalue weighted by Crippen LogP contribution is -2.34. The third-order valence-corrected chi connectivity index (χ3v) is 1.63. The molecule has 0 saturated carbocycles. The second kappa shape index (κ2) is 3.28.